The minimum atomic E-state index is -1.89. The van der Waals surface area contributed by atoms with Gasteiger partial charge in [0.15, 0.2) is 5.41 Å². The molecule has 0 atom stereocenters. The van der Waals surface area contributed by atoms with E-state index in [1.807, 2.05) is 0 Å². The van der Waals surface area contributed by atoms with Gasteiger partial charge in [0.05, 0.1) is 0 Å². The van der Waals surface area contributed by atoms with E-state index < -0.39 is 35.9 Å². The Morgan fingerprint density at radius 3 is 1.67 bits per heavy atom. The molecule has 5 heteroatoms. The molecule has 1 fully saturated rings. The molecule has 0 unspecified atom stereocenters. The van der Waals surface area contributed by atoms with Gasteiger partial charge in [0.25, 0.3) is 0 Å². The van der Waals surface area contributed by atoms with E-state index in [-0.39, 0.29) is 0 Å². The minimum Gasteiger partial charge on any atom is -0.480 e. The van der Waals surface area contributed by atoms with Gasteiger partial charge in [0, 0.05) is 12.8 Å². The number of carboxylic acids is 2. The zero-order valence-electron chi connectivity index (χ0n) is 6.50. The molecule has 68 valence electrons. The number of carbonyl (C=O) groups is 2. The van der Waals surface area contributed by atoms with E-state index in [4.69, 9.17) is 10.2 Å². The molecule has 1 aliphatic rings. The lowest BCUT2D eigenvalue weighted by atomic mass is 9.61. The third kappa shape index (κ3) is 1.05. The van der Waals surface area contributed by atoms with Crippen LogP contribution in [0.15, 0.2) is 0 Å². The first kappa shape index (κ1) is 8.96. The lowest BCUT2D eigenvalue weighted by Gasteiger charge is -2.43. The largest absolute Gasteiger partial charge is 0.480 e. The standard InChI is InChI=1S/C7H9FO4/c1-6(8)2-7(3-6,4(9)10)5(11)12/h2-3H2,1H3,(H,9,10)(H,11,12). The van der Waals surface area contributed by atoms with E-state index in [2.05, 4.69) is 0 Å². The number of hydrogen-bond acceptors (Lipinski definition) is 2. The Kier molecular flexibility index (Phi) is 1.63. The molecule has 0 aromatic heterocycles. The molecule has 0 radical (unpaired) electrons. The molecule has 0 spiro atoms. The highest BCUT2D eigenvalue weighted by atomic mass is 19.1. The number of aliphatic carboxylic acids is 2. The van der Waals surface area contributed by atoms with Gasteiger partial charge >= 0.3 is 11.9 Å². The van der Waals surface area contributed by atoms with Crippen LogP contribution < -0.4 is 0 Å². The summed E-state index contributed by atoms with van der Waals surface area (Å²) < 4.78 is 12.9. The van der Waals surface area contributed by atoms with Gasteiger partial charge in [-0.05, 0) is 6.92 Å². The Hall–Kier alpha value is -1.13. The number of hydrogen-bond donors (Lipinski definition) is 2. The summed E-state index contributed by atoms with van der Waals surface area (Å²) in [6, 6.07) is 0. The summed E-state index contributed by atoms with van der Waals surface area (Å²) in [5.74, 6) is -2.91. The summed E-state index contributed by atoms with van der Waals surface area (Å²) in [6.07, 6.45) is -0.880. The van der Waals surface area contributed by atoms with Crippen LogP contribution in [0.1, 0.15) is 19.8 Å². The van der Waals surface area contributed by atoms with Crippen molar-refractivity contribution in [2.24, 2.45) is 5.41 Å². The van der Waals surface area contributed by atoms with Crippen molar-refractivity contribution >= 4 is 11.9 Å². The summed E-state index contributed by atoms with van der Waals surface area (Å²) in [4.78, 5) is 21.0. The van der Waals surface area contributed by atoms with Crippen LogP contribution in [0, 0.1) is 5.41 Å². The summed E-state index contributed by atoms with van der Waals surface area (Å²) in [5, 5.41) is 17.1. The van der Waals surface area contributed by atoms with Crippen molar-refractivity contribution in [1.29, 1.82) is 0 Å². The van der Waals surface area contributed by atoms with E-state index in [1.54, 1.807) is 0 Å². The summed E-state index contributed by atoms with van der Waals surface area (Å²) >= 11 is 0. The number of alkyl halides is 1. The first-order valence-corrected chi connectivity index (χ1v) is 3.46. The van der Waals surface area contributed by atoms with Crippen LogP contribution in [0.5, 0.6) is 0 Å². The molecule has 0 aromatic carbocycles. The van der Waals surface area contributed by atoms with Crippen molar-refractivity contribution in [3.63, 3.8) is 0 Å². The number of carboxylic acid groups (broad SMARTS) is 2. The topological polar surface area (TPSA) is 74.6 Å². The molecule has 1 aliphatic carbocycles. The number of rotatable bonds is 2. The predicted molar refractivity (Wildman–Crippen MR) is 36.5 cm³/mol. The van der Waals surface area contributed by atoms with Gasteiger partial charge in [0.1, 0.15) is 5.67 Å². The maximum Gasteiger partial charge on any atom is 0.321 e. The van der Waals surface area contributed by atoms with Crippen molar-refractivity contribution < 1.29 is 24.2 Å². The molecule has 0 bridgehead atoms. The van der Waals surface area contributed by atoms with E-state index in [0.717, 1.165) is 0 Å². The number of halogens is 1. The van der Waals surface area contributed by atoms with Crippen LogP contribution in [0.2, 0.25) is 0 Å². The van der Waals surface area contributed by atoms with Gasteiger partial charge in [-0.25, -0.2) is 4.39 Å². The Morgan fingerprint density at radius 2 is 1.58 bits per heavy atom. The second-order valence-electron chi connectivity index (χ2n) is 3.46. The molecule has 0 heterocycles. The van der Waals surface area contributed by atoms with Crippen molar-refractivity contribution in [2.75, 3.05) is 0 Å². The predicted octanol–water partition coefficient (Wildman–Crippen LogP) is 0.664. The third-order valence-corrected chi connectivity index (χ3v) is 2.16. The maximum absolute atomic E-state index is 12.9. The van der Waals surface area contributed by atoms with Crippen LogP contribution in [-0.2, 0) is 9.59 Å². The first-order valence-electron chi connectivity index (χ1n) is 3.46. The maximum atomic E-state index is 12.9. The Balaban J connectivity index is 2.83. The summed E-state index contributed by atoms with van der Waals surface area (Å²) in [5.41, 5.74) is -3.53. The van der Waals surface area contributed by atoms with Crippen LogP contribution in [-0.4, -0.2) is 27.8 Å². The molecule has 0 aliphatic heterocycles. The highest BCUT2D eigenvalue weighted by Crippen LogP contribution is 2.51. The molecule has 2 N–H and O–H groups in total. The van der Waals surface area contributed by atoms with Crippen molar-refractivity contribution in [3.05, 3.63) is 0 Å². The average molecular weight is 176 g/mol. The Labute approximate surface area is 68.0 Å². The molecule has 0 aromatic rings. The molecule has 0 amide bonds. The smallest absolute Gasteiger partial charge is 0.321 e. The monoisotopic (exact) mass is 176 g/mol. The van der Waals surface area contributed by atoms with Gasteiger partial charge in [-0.1, -0.05) is 0 Å². The Morgan fingerprint density at radius 1 is 1.25 bits per heavy atom. The molecular formula is C7H9FO4. The molecule has 1 saturated carbocycles. The van der Waals surface area contributed by atoms with Gasteiger partial charge in [0.2, 0.25) is 0 Å². The third-order valence-electron chi connectivity index (χ3n) is 2.16. The molecule has 1 rings (SSSR count). The summed E-state index contributed by atoms with van der Waals surface area (Å²) in [6.45, 7) is 1.21. The van der Waals surface area contributed by atoms with E-state index >= 15 is 0 Å². The SMILES string of the molecule is CC1(F)CC(C(=O)O)(C(=O)O)C1. The molecule has 0 saturated heterocycles. The van der Waals surface area contributed by atoms with Gasteiger partial charge < -0.3 is 10.2 Å². The normalized spacial score (nSPS) is 24.2. The van der Waals surface area contributed by atoms with Crippen molar-refractivity contribution in [1.82, 2.24) is 0 Å². The minimum absolute atomic E-state index is 0.440. The molecule has 12 heavy (non-hydrogen) atoms. The highest BCUT2D eigenvalue weighted by Gasteiger charge is 2.63. The summed E-state index contributed by atoms with van der Waals surface area (Å²) in [7, 11) is 0. The van der Waals surface area contributed by atoms with E-state index in [1.165, 1.54) is 6.92 Å². The molecule has 4 nitrogen and oxygen atoms in total. The average Bonchev–Trinajstić information content (AvgIpc) is 1.80. The molecular weight excluding hydrogens is 167 g/mol. The van der Waals surface area contributed by atoms with Crippen molar-refractivity contribution in [2.45, 2.75) is 25.4 Å². The van der Waals surface area contributed by atoms with Gasteiger partial charge in [-0.15, -0.1) is 0 Å². The zero-order valence-corrected chi connectivity index (χ0v) is 6.50. The second-order valence-corrected chi connectivity index (χ2v) is 3.46. The highest BCUT2D eigenvalue weighted by molar-refractivity contribution is 5.99. The van der Waals surface area contributed by atoms with Gasteiger partial charge in [-0.2, -0.15) is 0 Å². The lowest BCUT2D eigenvalue weighted by molar-refractivity contribution is -0.184. The second kappa shape index (κ2) is 2.18. The quantitative estimate of drug-likeness (QED) is 0.606. The van der Waals surface area contributed by atoms with Crippen LogP contribution >= 0.6 is 0 Å². The fraction of sp³-hybridized carbons (Fsp3) is 0.714. The van der Waals surface area contributed by atoms with E-state index in [9.17, 15) is 14.0 Å². The first-order chi connectivity index (χ1) is 5.30. The fourth-order valence-corrected chi connectivity index (χ4v) is 1.60. The van der Waals surface area contributed by atoms with Gasteiger partial charge in [-0.3, -0.25) is 9.59 Å². The lowest BCUT2D eigenvalue weighted by Crippen LogP contribution is -2.56. The fourth-order valence-electron chi connectivity index (χ4n) is 1.60. The Bertz CT molecular complexity index is 222. The van der Waals surface area contributed by atoms with Crippen LogP contribution in [0.3, 0.4) is 0 Å². The zero-order chi connectivity index (χ0) is 9.57. The van der Waals surface area contributed by atoms with E-state index in [0.29, 0.717) is 0 Å². The van der Waals surface area contributed by atoms with Crippen LogP contribution in [0.25, 0.3) is 0 Å². The van der Waals surface area contributed by atoms with Crippen LogP contribution in [0.4, 0.5) is 4.39 Å². The van der Waals surface area contributed by atoms with Crippen molar-refractivity contribution in [3.8, 4) is 0 Å².